The molecule has 2 rings (SSSR count). The van der Waals surface area contributed by atoms with Crippen LogP contribution in [0.2, 0.25) is 0 Å². The van der Waals surface area contributed by atoms with E-state index in [0.29, 0.717) is 10.2 Å². The lowest BCUT2D eigenvalue weighted by molar-refractivity contribution is -0.137. The number of hydrogen-bond donors (Lipinski definition) is 1. The summed E-state index contributed by atoms with van der Waals surface area (Å²) in [6, 6.07) is 7.82. The Kier molecular flexibility index (Phi) is 4.75. The summed E-state index contributed by atoms with van der Waals surface area (Å²) in [6.45, 7) is 2.00. The van der Waals surface area contributed by atoms with E-state index >= 15 is 0 Å². The Labute approximate surface area is 128 Å². The van der Waals surface area contributed by atoms with Gasteiger partial charge in [0.1, 0.15) is 0 Å². The Hall–Kier alpha value is -1.01. The minimum absolute atomic E-state index is 0.0189. The highest BCUT2D eigenvalue weighted by Crippen LogP contribution is 2.35. The summed E-state index contributed by atoms with van der Waals surface area (Å²) in [4.78, 5) is 1.11. The third-order valence-electron chi connectivity index (χ3n) is 2.86. The molecule has 0 aliphatic carbocycles. The first-order chi connectivity index (χ1) is 9.40. The highest BCUT2D eigenvalue weighted by atomic mass is 79.9. The van der Waals surface area contributed by atoms with Gasteiger partial charge in [0.25, 0.3) is 0 Å². The third-order valence-corrected chi connectivity index (χ3v) is 4.30. The Balaban J connectivity index is 2.27. The van der Waals surface area contributed by atoms with Crippen LogP contribution in [0.3, 0.4) is 0 Å². The first-order valence-corrected chi connectivity index (χ1v) is 7.75. The van der Waals surface area contributed by atoms with E-state index in [1.54, 1.807) is 17.4 Å². The van der Waals surface area contributed by atoms with E-state index in [9.17, 15) is 13.2 Å². The number of alkyl halides is 3. The van der Waals surface area contributed by atoms with Gasteiger partial charge in [0.15, 0.2) is 0 Å². The molecule has 6 heteroatoms. The molecule has 20 heavy (non-hydrogen) atoms. The monoisotopic (exact) mass is 363 g/mol. The van der Waals surface area contributed by atoms with Crippen molar-refractivity contribution in [2.75, 3.05) is 5.32 Å². The Bertz CT molecular complexity index is 566. The van der Waals surface area contributed by atoms with Gasteiger partial charge in [-0.1, -0.05) is 28.9 Å². The lowest BCUT2D eigenvalue weighted by atomic mass is 10.1. The van der Waals surface area contributed by atoms with Gasteiger partial charge in [-0.2, -0.15) is 13.2 Å². The normalized spacial score (nSPS) is 13.2. The minimum Gasteiger partial charge on any atom is -0.377 e. The second-order valence-corrected chi connectivity index (χ2v) is 6.24. The fourth-order valence-corrected chi connectivity index (χ4v) is 3.26. The van der Waals surface area contributed by atoms with Gasteiger partial charge in [-0.05, 0) is 36.1 Å². The molecule has 1 atom stereocenters. The average molecular weight is 364 g/mol. The fourth-order valence-electron chi connectivity index (χ4n) is 1.90. The van der Waals surface area contributed by atoms with E-state index in [1.807, 2.05) is 24.4 Å². The van der Waals surface area contributed by atoms with Gasteiger partial charge in [0, 0.05) is 15.0 Å². The standard InChI is InChI=1S/C14H13BrF3NS/c1-2-12(13-4-3-5-20-13)19-11-7-9(14(16,17)18)6-10(15)8-11/h3-8,12,19H,2H2,1H3. The van der Waals surface area contributed by atoms with Crippen LogP contribution in [-0.2, 0) is 6.18 Å². The predicted molar refractivity (Wildman–Crippen MR) is 80.1 cm³/mol. The van der Waals surface area contributed by atoms with Crippen molar-refractivity contribution in [2.24, 2.45) is 0 Å². The van der Waals surface area contributed by atoms with E-state index in [2.05, 4.69) is 21.2 Å². The van der Waals surface area contributed by atoms with Gasteiger partial charge < -0.3 is 5.32 Å². The number of anilines is 1. The van der Waals surface area contributed by atoms with E-state index in [4.69, 9.17) is 0 Å². The van der Waals surface area contributed by atoms with Gasteiger partial charge in [-0.15, -0.1) is 11.3 Å². The fraction of sp³-hybridized carbons (Fsp3) is 0.286. The number of halogens is 4. The molecule has 1 nitrogen and oxygen atoms in total. The van der Waals surface area contributed by atoms with Crippen molar-refractivity contribution in [2.45, 2.75) is 25.6 Å². The zero-order valence-electron chi connectivity index (χ0n) is 10.7. The summed E-state index contributed by atoms with van der Waals surface area (Å²) in [6.07, 6.45) is -3.54. The van der Waals surface area contributed by atoms with E-state index in [0.717, 1.165) is 23.4 Å². The lowest BCUT2D eigenvalue weighted by Gasteiger charge is -2.18. The molecule has 0 saturated heterocycles. The molecule has 108 valence electrons. The van der Waals surface area contributed by atoms with Crippen molar-refractivity contribution in [1.82, 2.24) is 0 Å². The van der Waals surface area contributed by atoms with Crippen LogP contribution in [0, 0.1) is 0 Å². The number of nitrogens with one attached hydrogen (secondary N) is 1. The summed E-state index contributed by atoms with van der Waals surface area (Å²) in [5.74, 6) is 0. The van der Waals surface area contributed by atoms with Crippen LogP contribution in [0.15, 0.2) is 40.2 Å². The summed E-state index contributed by atoms with van der Waals surface area (Å²) < 4.78 is 38.8. The van der Waals surface area contributed by atoms with Crippen LogP contribution >= 0.6 is 27.3 Å². The second kappa shape index (κ2) is 6.18. The Morgan fingerprint density at radius 1 is 1.30 bits per heavy atom. The largest absolute Gasteiger partial charge is 0.416 e. The van der Waals surface area contributed by atoms with Gasteiger partial charge in [-0.3, -0.25) is 0 Å². The van der Waals surface area contributed by atoms with Crippen LogP contribution in [0.1, 0.15) is 29.8 Å². The number of thiophene rings is 1. The maximum absolute atomic E-state index is 12.8. The molecular weight excluding hydrogens is 351 g/mol. The first kappa shape index (κ1) is 15.4. The SMILES string of the molecule is CCC(Nc1cc(Br)cc(C(F)(F)F)c1)c1cccs1. The zero-order valence-corrected chi connectivity index (χ0v) is 13.1. The van der Waals surface area contributed by atoms with Crippen molar-refractivity contribution in [3.63, 3.8) is 0 Å². The molecule has 0 radical (unpaired) electrons. The smallest absolute Gasteiger partial charge is 0.377 e. The lowest BCUT2D eigenvalue weighted by Crippen LogP contribution is -2.10. The maximum Gasteiger partial charge on any atom is 0.416 e. The molecule has 0 aliphatic heterocycles. The first-order valence-electron chi connectivity index (χ1n) is 6.08. The average Bonchev–Trinajstić information content (AvgIpc) is 2.88. The highest BCUT2D eigenvalue weighted by Gasteiger charge is 2.31. The molecule has 1 heterocycles. The zero-order chi connectivity index (χ0) is 14.8. The Morgan fingerprint density at radius 2 is 2.05 bits per heavy atom. The number of benzene rings is 1. The van der Waals surface area contributed by atoms with Crippen LogP contribution in [-0.4, -0.2) is 0 Å². The molecule has 1 aromatic carbocycles. The highest BCUT2D eigenvalue weighted by molar-refractivity contribution is 9.10. The quantitative estimate of drug-likeness (QED) is 0.692. The van der Waals surface area contributed by atoms with Gasteiger partial charge in [0.05, 0.1) is 11.6 Å². The van der Waals surface area contributed by atoms with Crippen LogP contribution < -0.4 is 5.32 Å². The molecule has 1 N–H and O–H groups in total. The van der Waals surface area contributed by atoms with E-state index in [-0.39, 0.29) is 6.04 Å². The molecule has 0 aliphatic rings. The van der Waals surface area contributed by atoms with Crippen LogP contribution in [0.25, 0.3) is 0 Å². The summed E-state index contributed by atoms with van der Waals surface area (Å²) >= 11 is 4.72. The van der Waals surface area contributed by atoms with Crippen LogP contribution in [0.4, 0.5) is 18.9 Å². The van der Waals surface area contributed by atoms with Gasteiger partial charge >= 0.3 is 6.18 Å². The summed E-state index contributed by atoms with van der Waals surface area (Å²) in [7, 11) is 0. The van der Waals surface area contributed by atoms with Crippen molar-refractivity contribution in [1.29, 1.82) is 0 Å². The molecule has 0 bridgehead atoms. The molecule has 2 aromatic rings. The van der Waals surface area contributed by atoms with Gasteiger partial charge in [0.2, 0.25) is 0 Å². The molecule has 0 saturated carbocycles. The molecule has 0 spiro atoms. The second-order valence-electron chi connectivity index (χ2n) is 4.35. The topological polar surface area (TPSA) is 12.0 Å². The van der Waals surface area contributed by atoms with E-state index < -0.39 is 11.7 Å². The molecule has 0 fully saturated rings. The Morgan fingerprint density at radius 3 is 2.60 bits per heavy atom. The van der Waals surface area contributed by atoms with E-state index in [1.165, 1.54) is 0 Å². The van der Waals surface area contributed by atoms with Gasteiger partial charge in [-0.25, -0.2) is 0 Å². The van der Waals surface area contributed by atoms with Crippen molar-refractivity contribution in [3.05, 3.63) is 50.6 Å². The number of hydrogen-bond acceptors (Lipinski definition) is 2. The molecular formula is C14H13BrF3NS. The predicted octanol–water partition coefficient (Wildman–Crippen LogP) is 6.09. The minimum atomic E-state index is -4.34. The molecule has 1 unspecified atom stereocenters. The van der Waals surface area contributed by atoms with Crippen LogP contribution in [0.5, 0.6) is 0 Å². The summed E-state index contributed by atoms with van der Waals surface area (Å²) in [5.41, 5.74) is -0.192. The third kappa shape index (κ3) is 3.76. The molecule has 1 aromatic heterocycles. The number of rotatable bonds is 4. The van der Waals surface area contributed by atoms with Crippen molar-refractivity contribution < 1.29 is 13.2 Å². The molecule has 0 amide bonds. The van der Waals surface area contributed by atoms with Crippen molar-refractivity contribution in [3.8, 4) is 0 Å². The maximum atomic E-state index is 12.8. The summed E-state index contributed by atoms with van der Waals surface area (Å²) in [5, 5.41) is 5.12. The van der Waals surface area contributed by atoms with Crippen molar-refractivity contribution >= 4 is 33.0 Å².